The third kappa shape index (κ3) is 6.24. The fourth-order valence-corrected chi connectivity index (χ4v) is 3.92. The first-order valence-corrected chi connectivity index (χ1v) is 9.59. The summed E-state index contributed by atoms with van der Waals surface area (Å²) in [5.41, 5.74) is 0. The Balaban J connectivity index is 1.82. The molecule has 3 N–H and O–H groups in total. The second-order valence-electron chi connectivity index (χ2n) is 7.30. The lowest BCUT2D eigenvalue weighted by atomic mass is 9.89. The number of aliphatic carboxylic acids is 1. The molecule has 6 atom stereocenters. The van der Waals surface area contributed by atoms with Crippen LogP contribution in [-0.2, 0) is 9.53 Å². The first-order valence-electron chi connectivity index (χ1n) is 9.59. The van der Waals surface area contributed by atoms with Crippen LogP contribution in [0.15, 0.2) is 24.3 Å². The Morgan fingerprint density at radius 2 is 2.08 bits per heavy atom. The quantitative estimate of drug-likeness (QED) is 0.415. The molecule has 142 valence electrons. The van der Waals surface area contributed by atoms with Gasteiger partial charge < -0.3 is 20.1 Å². The molecule has 5 nitrogen and oxygen atoms in total. The molecule has 2 rings (SSSR count). The third-order valence-electron chi connectivity index (χ3n) is 5.28. The molecular weight excluding hydrogens is 320 g/mol. The van der Waals surface area contributed by atoms with Crippen LogP contribution in [0.3, 0.4) is 0 Å². The number of aliphatic hydroxyl groups excluding tert-OH is 2. The zero-order valence-corrected chi connectivity index (χ0v) is 15.1. The zero-order valence-electron chi connectivity index (χ0n) is 15.1. The van der Waals surface area contributed by atoms with E-state index in [9.17, 15) is 15.0 Å². The highest BCUT2D eigenvalue weighted by atomic mass is 16.5. The predicted molar refractivity (Wildman–Crippen MR) is 96.2 cm³/mol. The van der Waals surface area contributed by atoms with Crippen molar-refractivity contribution in [3.8, 4) is 0 Å². The van der Waals surface area contributed by atoms with Gasteiger partial charge in [-0.3, -0.25) is 4.79 Å². The van der Waals surface area contributed by atoms with Crippen molar-refractivity contribution in [1.29, 1.82) is 0 Å². The van der Waals surface area contributed by atoms with Crippen LogP contribution in [0.2, 0.25) is 0 Å². The Bertz CT molecular complexity index is 473. The normalized spacial score (nSPS) is 33.3. The van der Waals surface area contributed by atoms with E-state index < -0.39 is 18.2 Å². The Kier molecular flexibility index (Phi) is 8.13. The molecule has 1 aliphatic heterocycles. The Hall–Kier alpha value is -1.17. The van der Waals surface area contributed by atoms with E-state index in [1.165, 1.54) is 0 Å². The molecule has 0 aromatic heterocycles. The Morgan fingerprint density at radius 3 is 2.80 bits per heavy atom. The molecule has 0 aromatic rings. The van der Waals surface area contributed by atoms with E-state index in [1.54, 1.807) is 0 Å². The third-order valence-corrected chi connectivity index (χ3v) is 5.28. The number of unbranched alkanes of at least 4 members (excludes halogenated alkanes) is 2. The summed E-state index contributed by atoms with van der Waals surface area (Å²) in [4.78, 5) is 10.5. The number of carboxylic acid groups (broad SMARTS) is 1. The second-order valence-corrected chi connectivity index (χ2v) is 7.30. The standard InChI is InChI=1S/C20H32O5/c1-2-3-4-7-14(21)10-11-16-17-12-15(8-5-6-9-20(23)24)25-19(17)13-18(16)22/h5,8,10-11,14-19,21-22H,2-4,6-7,9,12-13H2,1H3,(H,23,24)/t14-,15?,16+,17+,18+,19+/m0/s1. The molecule has 5 heteroatoms. The molecule has 1 unspecified atom stereocenters. The van der Waals surface area contributed by atoms with Crippen molar-refractivity contribution in [1.82, 2.24) is 0 Å². The SMILES string of the molecule is CCCCC[C@H](O)C=C[C@@H]1[C@H]2CC(C=CCCC(=O)O)O[C@@H]2C[C@H]1O. The van der Waals surface area contributed by atoms with Gasteiger partial charge in [-0.25, -0.2) is 0 Å². The van der Waals surface area contributed by atoms with Crippen LogP contribution in [0.25, 0.3) is 0 Å². The lowest BCUT2D eigenvalue weighted by Crippen LogP contribution is -2.19. The average Bonchev–Trinajstić information content (AvgIpc) is 3.06. The summed E-state index contributed by atoms with van der Waals surface area (Å²) in [6.07, 6.45) is 13.0. The van der Waals surface area contributed by atoms with Gasteiger partial charge in [0.15, 0.2) is 0 Å². The molecule has 0 spiro atoms. The van der Waals surface area contributed by atoms with Crippen LogP contribution in [0.1, 0.15) is 58.3 Å². The summed E-state index contributed by atoms with van der Waals surface area (Å²) in [5.74, 6) is -0.494. The monoisotopic (exact) mass is 352 g/mol. The van der Waals surface area contributed by atoms with Gasteiger partial charge in [-0.2, -0.15) is 0 Å². The first-order chi connectivity index (χ1) is 12.0. The molecule has 25 heavy (non-hydrogen) atoms. The van der Waals surface area contributed by atoms with E-state index in [0.29, 0.717) is 12.8 Å². The van der Waals surface area contributed by atoms with E-state index in [2.05, 4.69) is 6.92 Å². The molecule has 0 bridgehead atoms. The van der Waals surface area contributed by atoms with E-state index in [-0.39, 0.29) is 30.5 Å². The van der Waals surface area contributed by atoms with Crippen LogP contribution in [0, 0.1) is 11.8 Å². The van der Waals surface area contributed by atoms with Gasteiger partial charge in [0.25, 0.3) is 0 Å². The maximum absolute atomic E-state index is 10.5. The molecule has 1 saturated carbocycles. The van der Waals surface area contributed by atoms with E-state index >= 15 is 0 Å². The van der Waals surface area contributed by atoms with Gasteiger partial charge in [0.2, 0.25) is 0 Å². The number of carbonyl (C=O) groups is 1. The van der Waals surface area contributed by atoms with Crippen molar-refractivity contribution < 1.29 is 24.9 Å². The van der Waals surface area contributed by atoms with E-state index in [1.807, 2.05) is 24.3 Å². The smallest absolute Gasteiger partial charge is 0.303 e. The second kappa shape index (κ2) is 10.1. The van der Waals surface area contributed by atoms with Gasteiger partial charge in [0, 0.05) is 18.8 Å². The average molecular weight is 352 g/mol. The Labute approximate surface area is 150 Å². The minimum absolute atomic E-state index is 0.00155. The molecule has 0 amide bonds. The molecule has 2 aliphatic rings. The molecule has 0 aromatic carbocycles. The minimum Gasteiger partial charge on any atom is -0.481 e. The molecule has 1 saturated heterocycles. The summed E-state index contributed by atoms with van der Waals surface area (Å²) in [5, 5.41) is 29.0. The van der Waals surface area contributed by atoms with Crippen LogP contribution >= 0.6 is 0 Å². The highest BCUT2D eigenvalue weighted by molar-refractivity contribution is 5.66. The van der Waals surface area contributed by atoms with Crippen LogP contribution in [0.4, 0.5) is 0 Å². The Morgan fingerprint density at radius 1 is 1.28 bits per heavy atom. The lowest BCUT2D eigenvalue weighted by molar-refractivity contribution is -0.136. The zero-order chi connectivity index (χ0) is 18.2. The number of aliphatic hydroxyl groups is 2. The van der Waals surface area contributed by atoms with E-state index in [0.717, 1.165) is 32.1 Å². The van der Waals surface area contributed by atoms with Crippen LogP contribution in [-0.4, -0.2) is 45.7 Å². The largest absolute Gasteiger partial charge is 0.481 e. The van der Waals surface area contributed by atoms with Gasteiger partial charge in [-0.1, -0.05) is 50.5 Å². The summed E-state index contributed by atoms with van der Waals surface area (Å²) >= 11 is 0. The highest BCUT2D eigenvalue weighted by Crippen LogP contribution is 2.44. The summed E-state index contributed by atoms with van der Waals surface area (Å²) < 4.78 is 5.99. The van der Waals surface area contributed by atoms with Crippen molar-refractivity contribution in [2.75, 3.05) is 0 Å². The van der Waals surface area contributed by atoms with Crippen molar-refractivity contribution in [3.63, 3.8) is 0 Å². The number of rotatable bonds is 10. The van der Waals surface area contributed by atoms with Crippen molar-refractivity contribution in [2.24, 2.45) is 11.8 Å². The van der Waals surface area contributed by atoms with E-state index in [4.69, 9.17) is 9.84 Å². The predicted octanol–water partition coefficient (Wildman–Crippen LogP) is 3.06. The van der Waals surface area contributed by atoms with Gasteiger partial charge in [0.1, 0.15) is 0 Å². The maximum Gasteiger partial charge on any atom is 0.303 e. The topological polar surface area (TPSA) is 87.0 Å². The number of fused-ring (bicyclic) bond motifs is 1. The first kappa shape index (κ1) is 20.1. The molecule has 1 aliphatic carbocycles. The highest BCUT2D eigenvalue weighted by Gasteiger charge is 2.47. The lowest BCUT2D eigenvalue weighted by Gasteiger charge is -2.17. The number of ether oxygens (including phenoxy) is 1. The van der Waals surface area contributed by atoms with Gasteiger partial charge in [0.05, 0.1) is 24.4 Å². The molecule has 1 heterocycles. The molecule has 0 radical (unpaired) electrons. The van der Waals surface area contributed by atoms with Crippen molar-refractivity contribution >= 4 is 5.97 Å². The fraction of sp³-hybridized carbons (Fsp3) is 0.750. The van der Waals surface area contributed by atoms with Crippen molar-refractivity contribution in [2.45, 2.75) is 82.7 Å². The number of carboxylic acids is 1. The van der Waals surface area contributed by atoms with Crippen LogP contribution in [0.5, 0.6) is 0 Å². The van der Waals surface area contributed by atoms with Crippen LogP contribution < -0.4 is 0 Å². The number of hydrogen-bond acceptors (Lipinski definition) is 4. The fourth-order valence-electron chi connectivity index (χ4n) is 3.92. The minimum atomic E-state index is -0.792. The molecular formula is C20H32O5. The van der Waals surface area contributed by atoms with Gasteiger partial charge in [-0.05, 0) is 25.2 Å². The number of hydrogen-bond donors (Lipinski definition) is 3. The summed E-state index contributed by atoms with van der Waals surface area (Å²) in [7, 11) is 0. The maximum atomic E-state index is 10.5. The summed E-state index contributed by atoms with van der Waals surface area (Å²) in [6, 6.07) is 0. The number of allylic oxidation sites excluding steroid dienone is 1. The van der Waals surface area contributed by atoms with Crippen molar-refractivity contribution in [3.05, 3.63) is 24.3 Å². The van der Waals surface area contributed by atoms with Gasteiger partial charge in [-0.15, -0.1) is 0 Å². The molecule has 2 fully saturated rings. The summed E-state index contributed by atoms with van der Waals surface area (Å²) in [6.45, 7) is 2.14. The van der Waals surface area contributed by atoms with Gasteiger partial charge >= 0.3 is 5.97 Å².